The number of hydrogen-bond acceptors (Lipinski definition) is 2. The molecule has 18 heavy (non-hydrogen) atoms. The molecule has 0 saturated heterocycles. The van der Waals surface area contributed by atoms with E-state index in [9.17, 15) is 22.4 Å². The van der Waals surface area contributed by atoms with Crippen LogP contribution >= 0.6 is 11.8 Å². The molecule has 0 atom stereocenters. The molecule has 1 nitrogen and oxygen atoms in total. The zero-order valence-electron chi connectivity index (χ0n) is 9.42. The fraction of sp³-hybridized carbons (Fsp3) is 0.250. The van der Waals surface area contributed by atoms with Gasteiger partial charge in [-0.1, -0.05) is 30.0 Å². The topological polar surface area (TPSA) is 17.1 Å². The van der Waals surface area contributed by atoms with E-state index in [4.69, 9.17) is 0 Å². The molecular weight excluding hydrogens is 268 g/mol. The lowest BCUT2D eigenvalue weighted by Gasteiger charge is -2.10. The van der Waals surface area contributed by atoms with Crippen LogP contribution in [0.1, 0.15) is 18.1 Å². The van der Waals surface area contributed by atoms with Crippen LogP contribution in [0.5, 0.6) is 0 Å². The molecular formula is C12H10F4OS. The maximum absolute atomic E-state index is 13.3. The smallest absolute Gasteiger partial charge is 0.288 e. The average Bonchev–Trinajstić information content (AvgIpc) is 2.24. The zero-order valence-corrected chi connectivity index (χ0v) is 10.2. The van der Waals surface area contributed by atoms with Gasteiger partial charge in [0, 0.05) is 18.2 Å². The number of halogens is 4. The predicted molar refractivity (Wildman–Crippen MR) is 63.6 cm³/mol. The van der Waals surface area contributed by atoms with Gasteiger partial charge in [0.25, 0.3) is 0 Å². The third-order valence-corrected chi connectivity index (χ3v) is 2.79. The van der Waals surface area contributed by atoms with E-state index in [-0.39, 0.29) is 10.9 Å². The second kappa shape index (κ2) is 6.04. The molecule has 0 bridgehead atoms. The van der Waals surface area contributed by atoms with Crippen molar-refractivity contribution in [2.75, 3.05) is 5.75 Å². The first-order valence-corrected chi connectivity index (χ1v) is 5.96. The van der Waals surface area contributed by atoms with Crippen LogP contribution in [-0.4, -0.2) is 10.9 Å². The first kappa shape index (κ1) is 14.8. The highest BCUT2D eigenvalue weighted by Crippen LogP contribution is 2.33. The van der Waals surface area contributed by atoms with Crippen molar-refractivity contribution in [2.24, 2.45) is 0 Å². The quantitative estimate of drug-likeness (QED) is 0.773. The van der Waals surface area contributed by atoms with Gasteiger partial charge < -0.3 is 0 Å². The molecule has 6 heteroatoms. The minimum absolute atomic E-state index is 0.149. The van der Waals surface area contributed by atoms with E-state index in [1.165, 1.54) is 13.0 Å². The van der Waals surface area contributed by atoms with E-state index in [1.54, 1.807) is 0 Å². The van der Waals surface area contributed by atoms with Gasteiger partial charge in [0.1, 0.15) is 5.82 Å². The van der Waals surface area contributed by atoms with E-state index in [0.29, 0.717) is 0 Å². The first-order chi connectivity index (χ1) is 8.32. The lowest BCUT2D eigenvalue weighted by molar-refractivity contribution is -0.137. The minimum atomic E-state index is -4.60. The molecule has 0 aromatic heterocycles. The van der Waals surface area contributed by atoms with Gasteiger partial charge >= 0.3 is 6.18 Å². The Morgan fingerprint density at radius 1 is 1.39 bits per heavy atom. The molecule has 0 heterocycles. The van der Waals surface area contributed by atoms with Crippen molar-refractivity contribution in [3.8, 4) is 0 Å². The van der Waals surface area contributed by atoms with E-state index >= 15 is 0 Å². The maximum Gasteiger partial charge on any atom is 0.417 e. The molecule has 0 aliphatic carbocycles. The fourth-order valence-electron chi connectivity index (χ4n) is 1.29. The average molecular weight is 278 g/mol. The largest absolute Gasteiger partial charge is 0.417 e. The van der Waals surface area contributed by atoms with Crippen LogP contribution in [0.4, 0.5) is 17.6 Å². The molecule has 0 radical (unpaired) electrons. The summed E-state index contributed by atoms with van der Waals surface area (Å²) in [6.07, 6.45) is -2.22. The minimum Gasteiger partial charge on any atom is -0.288 e. The lowest BCUT2D eigenvalue weighted by atomic mass is 10.1. The van der Waals surface area contributed by atoms with E-state index < -0.39 is 23.1 Å². The molecule has 1 rings (SSSR count). The Balaban J connectivity index is 2.97. The second-order valence-corrected chi connectivity index (χ2v) is 4.60. The summed E-state index contributed by atoms with van der Waals surface area (Å²) >= 11 is 0.940. The molecule has 98 valence electrons. The van der Waals surface area contributed by atoms with E-state index in [1.807, 2.05) is 0 Å². The number of carbonyl (C=O) groups is 1. The van der Waals surface area contributed by atoms with Crippen LogP contribution in [0.15, 0.2) is 24.3 Å². The van der Waals surface area contributed by atoms with Gasteiger partial charge in [0.2, 0.25) is 0 Å². The first-order valence-electron chi connectivity index (χ1n) is 4.98. The molecule has 0 saturated carbocycles. The summed E-state index contributed by atoms with van der Waals surface area (Å²) in [4.78, 5) is 10.6. The van der Waals surface area contributed by atoms with Gasteiger partial charge in [-0.3, -0.25) is 4.79 Å². The maximum atomic E-state index is 13.3. The Labute approximate surface area is 106 Å². The van der Waals surface area contributed by atoms with Crippen LogP contribution in [0, 0.1) is 5.82 Å². The van der Waals surface area contributed by atoms with Gasteiger partial charge in [0.15, 0.2) is 5.12 Å². The second-order valence-electron chi connectivity index (χ2n) is 3.40. The van der Waals surface area contributed by atoms with Crippen LogP contribution in [0.3, 0.4) is 0 Å². The number of rotatable bonds is 3. The zero-order chi connectivity index (χ0) is 13.8. The van der Waals surface area contributed by atoms with Gasteiger partial charge in [-0.25, -0.2) is 4.39 Å². The number of hydrogen-bond donors (Lipinski definition) is 0. The number of thioether (sulfide) groups is 1. The Morgan fingerprint density at radius 2 is 2.06 bits per heavy atom. The Morgan fingerprint density at radius 3 is 2.61 bits per heavy atom. The summed E-state index contributed by atoms with van der Waals surface area (Å²) in [6.45, 7) is 1.35. The number of alkyl halides is 3. The van der Waals surface area contributed by atoms with Gasteiger partial charge in [-0.15, -0.1) is 0 Å². The third-order valence-electron chi connectivity index (χ3n) is 2.03. The van der Waals surface area contributed by atoms with E-state index in [2.05, 4.69) is 0 Å². The van der Waals surface area contributed by atoms with E-state index in [0.717, 1.165) is 36.0 Å². The highest BCUT2D eigenvalue weighted by molar-refractivity contribution is 8.13. The van der Waals surface area contributed by atoms with Crippen LogP contribution in [0.25, 0.3) is 6.08 Å². The number of carbonyl (C=O) groups excluding carboxylic acids is 1. The Kier molecular flexibility index (Phi) is 4.95. The molecule has 0 spiro atoms. The summed E-state index contributed by atoms with van der Waals surface area (Å²) < 4.78 is 51.2. The van der Waals surface area contributed by atoms with Crippen LogP contribution in [-0.2, 0) is 11.0 Å². The van der Waals surface area contributed by atoms with Crippen molar-refractivity contribution in [2.45, 2.75) is 13.1 Å². The Bertz CT molecular complexity index is 466. The molecule has 0 aliphatic heterocycles. The summed E-state index contributed by atoms with van der Waals surface area (Å²) in [7, 11) is 0. The highest BCUT2D eigenvalue weighted by atomic mass is 32.2. The lowest BCUT2D eigenvalue weighted by Crippen LogP contribution is -2.08. The van der Waals surface area contributed by atoms with Crippen molar-refractivity contribution in [3.63, 3.8) is 0 Å². The molecule has 0 amide bonds. The Hall–Kier alpha value is -1.30. The third kappa shape index (κ3) is 4.18. The van der Waals surface area contributed by atoms with Gasteiger partial charge in [-0.05, 0) is 12.1 Å². The van der Waals surface area contributed by atoms with Crippen molar-refractivity contribution in [1.82, 2.24) is 0 Å². The number of benzene rings is 1. The van der Waals surface area contributed by atoms with Crippen molar-refractivity contribution in [3.05, 3.63) is 41.2 Å². The summed E-state index contributed by atoms with van der Waals surface area (Å²) in [5, 5.41) is -0.149. The fourth-order valence-corrected chi connectivity index (χ4v) is 1.71. The molecule has 0 unspecified atom stereocenters. The monoisotopic (exact) mass is 278 g/mol. The predicted octanol–water partition coefficient (Wildman–Crippen LogP) is 4.14. The molecule has 0 fully saturated rings. The highest BCUT2D eigenvalue weighted by Gasteiger charge is 2.33. The molecule has 1 aromatic carbocycles. The summed E-state index contributed by atoms with van der Waals surface area (Å²) in [6, 6.07) is 2.80. The van der Waals surface area contributed by atoms with Gasteiger partial charge in [-0.2, -0.15) is 13.2 Å². The normalized spacial score (nSPS) is 12.1. The summed E-state index contributed by atoms with van der Waals surface area (Å²) in [5.41, 5.74) is -1.53. The van der Waals surface area contributed by atoms with Crippen LogP contribution in [0.2, 0.25) is 0 Å². The van der Waals surface area contributed by atoms with Crippen molar-refractivity contribution in [1.29, 1.82) is 0 Å². The summed E-state index contributed by atoms with van der Waals surface area (Å²) in [5.74, 6) is -0.727. The molecule has 0 N–H and O–H groups in total. The van der Waals surface area contributed by atoms with Gasteiger partial charge in [0.05, 0.1) is 5.56 Å². The van der Waals surface area contributed by atoms with Crippen molar-refractivity contribution < 1.29 is 22.4 Å². The SMILES string of the molecule is CC(=O)SCC=Cc1c(F)cccc1C(F)(F)F. The van der Waals surface area contributed by atoms with Crippen LogP contribution < -0.4 is 0 Å². The standard InChI is InChI=1S/C12H10F4OS/c1-8(17)18-7-3-4-9-10(12(14,15)16)5-2-6-11(9)13/h2-6H,7H2,1H3. The molecule has 0 aliphatic rings. The van der Waals surface area contributed by atoms with Crippen molar-refractivity contribution >= 4 is 23.0 Å². The molecule has 1 aromatic rings.